The normalized spacial score (nSPS) is 25.7. The fourth-order valence-corrected chi connectivity index (χ4v) is 5.77. The second-order valence-electron chi connectivity index (χ2n) is 7.85. The molecule has 2 heterocycles. The third kappa shape index (κ3) is 5.48. The van der Waals surface area contributed by atoms with E-state index in [-0.39, 0.29) is 23.0 Å². The minimum Gasteiger partial charge on any atom is -0.492 e. The van der Waals surface area contributed by atoms with Gasteiger partial charge >= 0.3 is 0 Å². The second kappa shape index (κ2) is 9.42. The number of sulfonamides is 1. The number of nitrogens with one attached hydrogen (secondary N) is 2. The summed E-state index contributed by atoms with van der Waals surface area (Å²) in [4.78, 5) is 13.8. The first kappa shape index (κ1) is 22.0. The monoisotopic (exact) mass is 426 g/mol. The molecule has 0 aromatic heterocycles. The van der Waals surface area contributed by atoms with Gasteiger partial charge in [0.1, 0.15) is 35.9 Å². The van der Waals surface area contributed by atoms with Crippen LogP contribution in [0.25, 0.3) is 0 Å². The minimum atomic E-state index is -3.66. The molecular formula is C20H32N3O5S+. The maximum atomic E-state index is 13.1. The number of amides is 1. The van der Waals surface area contributed by atoms with Crippen LogP contribution < -0.4 is 15.0 Å². The summed E-state index contributed by atoms with van der Waals surface area (Å²) < 4.78 is 38.9. The van der Waals surface area contributed by atoms with Gasteiger partial charge < -0.3 is 19.7 Å². The lowest BCUT2D eigenvalue weighted by atomic mass is 10.2. The molecule has 2 aliphatic rings. The van der Waals surface area contributed by atoms with Crippen LogP contribution in [0, 0.1) is 0 Å². The summed E-state index contributed by atoms with van der Waals surface area (Å²) in [5.74, 6) is 0.175. The van der Waals surface area contributed by atoms with Crippen molar-refractivity contribution in [2.45, 2.75) is 50.7 Å². The van der Waals surface area contributed by atoms with Gasteiger partial charge in [-0.15, -0.1) is 0 Å². The quantitative estimate of drug-likeness (QED) is 0.663. The molecule has 0 aliphatic carbocycles. The molecule has 2 N–H and O–H groups in total. The van der Waals surface area contributed by atoms with Gasteiger partial charge in [0, 0.05) is 18.8 Å². The van der Waals surface area contributed by atoms with Gasteiger partial charge in [-0.05, 0) is 51.8 Å². The highest BCUT2D eigenvalue weighted by atomic mass is 32.2. The lowest BCUT2D eigenvalue weighted by Gasteiger charge is -2.31. The molecule has 0 bridgehead atoms. The van der Waals surface area contributed by atoms with E-state index in [9.17, 15) is 13.2 Å². The van der Waals surface area contributed by atoms with Crippen molar-refractivity contribution < 1.29 is 27.6 Å². The average molecular weight is 427 g/mol. The number of hydrogen-bond acceptors (Lipinski definition) is 5. The summed E-state index contributed by atoms with van der Waals surface area (Å²) in [5, 5.41) is 2.85. The topological polar surface area (TPSA) is 89.4 Å². The molecule has 0 radical (unpaired) electrons. The molecule has 1 aromatic carbocycles. The number of carbonyl (C=O) groups is 1. The van der Waals surface area contributed by atoms with E-state index in [1.165, 1.54) is 10.4 Å². The fourth-order valence-electron chi connectivity index (χ4n) is 4.10. The molecule has 0 saturated carbocycles. The molecule has 9 heteroatoms. The Balaban J connectivity index is 1.75. The zero-order valence-corrected chi connectivity index (χ0v) is 18.3. The van der Waals surface area contributed by atoms with Crippen LogP contribution >= 0.6 is 0 Å². The molecule has 2 fully saturated rings. The highest BCUT2D eigenvalue weighted by Gasteiger charge is 2.31. The van der Waals surface area contributed by atoms with E-state index in [0.717, 1.165) is 30.8 Å². The van der Waals surface area contributed by atoms with Crippen molar-refractivity contribution in [1.82, 2.24) is 4.31 Å². The van der Waals surface area contributed by atoms with E-state index < -0.39 is 10.0 Å². The summed E-state index contributed by atoms with van der Waals surface area (Å²) in [6, 6.07) is 4.82. The molecule has 3 rings (SSSR count). The number of rotatable bonds is 7. The third-order valence-electron chi connectivity index (χ3n) is 5.24. The average Bonchev–Trinajstić information content (AvgIpc) is 3.17. The smallest absolute Gasteiger partial charge is 0.279 e. The molecule has 8 nitrogen and oxygen atoms in total. The number of ether oxygens (including phenoxy) is 2. The van der Waals surface area contributed by atoms with Gasteiger partial charge in [0.15, 0.2) is 6.54 Å². The van der Waals surface area contributed by atoms with Crippen molar-refractivity contribution in [3.05, 3.63) is 18.2 Å². The van der Waals surface area contributed by atoms with Gasteiger partial charge in [-0.1, -0.05) is 0 Å². The Kier molecular flexibility index (Phi) is 7.15. The third-order valence-corrected chi connectivity index (χ3v) is 7.16. The Morgan fingerprint density at radius 2 is 1.90 bits per heavy atom. The first-order valence-corrected chi connectivity index (χ1v) is 11.8. The maximum absolute atomic E-state index is 13.1. The number of benzene rings is 1. The molecule has 0 unspecified atom stereocenters. The number of hydrogen-bond donors (Lipinski definition) is 2. The van der Waals surface area contributed by atoms with Crippen LogP contribution in [0.15, 0.2) is 23.1 Å². The Labute approximate surface area is 173 Å². The number of carbonyl (C=O) groups excluding carboxylic acids is 1. The Morgan fingerprint density at radius 3 is 2.52 bits per heavy atom. The van der Waals surface area contributed by atoms with E-state index in [0.29, 0.717) is 37.7 Å². The van der Waals surface area contributed by atoms with Crippen LogP contribution in [0.4, 0.5) is 5.69 Å². The van der Waals surface area contributed by atoms with Crippen LogP contribution in [-0.2, 0) is 19.6 Å². The molecule has 1 amide bonds. The van der Waals surface area contributed by atoms with Crippen molar-refractivity contribution in [1.29, 1.82) is 0 Å². The van der Waals surface area contributed by atoms with Gasteiger partial charge in [-0.3, -0.25) is 4.79 Å². The van der Waals surface area contributed by atoms with Crippen molar-refractivity contribution in [3.63, 3.8) is 0 Å². The highest BCUT2D eigenvalue weighted by Crippen LogP contribution is 2.31. The predicted molar refractivity (Wildman–Crippen MR) is 110 cm³/mol. The van der Waals surface area contributed by atoms with Gasteiger partial charge in [-0.25, -0.2) is 8.42 Å². The van der Waals surface area contributed by atoms with Crippen LogP contribution in [0.2, 0.25) is 0 Å². The fraction of sp³-hybridized carbons (Fsp3) is 0.650. The zero-order valence-electron chi connectivity index (χ0n) is 17.4. The van der Waals surface area contributed by atoms with E-state index in [1.54, 1.807) is 12.1 Å². The van der Waals surface area contributed by atoms with Crippen molar-refractivity contribution in [2.75, 3.05) is 44.6 Å². The van der Waals surface area contributed by atoms with Gasteiger partial charge in [-0.2, -0.15) is 4.31 Å². The van der Waals surface area contributed by atoms with Crippen molar-refractivity contribution >= 4 is 21.6 Å². The SMILES string of the molecule is CCOc1ccc(NC(=O)C[NH+]2C[C@H](C)O[C@@H](C)C2)cc1S(=O)(=O)N1CCCC1. The second-order valence-corrected chi connectivity index (χ2v) is 9.75. The predicted octanol–water partition coefficient (Wildman–Crippen LogP) is 0.500. The Hall–Kier alpha value is -1.68. The summed E-state index contributed by atoms with van der Waals surface area (Å²) >= 11 is 0. The van der Waals surface area contributed by atoms with Gasteiger partial charge in [0.05, 0.1) is 6.61 Å². The summed E-state index contributed by atoms with van der Waals surface area (Å²) in [5.41, 5.74) is 0.463. The highest BCUT2D eigenvalue weighted by molar-refractivity contribution is 7.89. The molecule has 2 aliphatic heterocycles. The lowest BCUT2D eigenvalue weighted by molar-refractivity contribution is -0.907. The number of morpholine rings is 1. The molecule has 162 valence electrons. The van der Waals surface area contributed by atoms with E-state index in [4.69, 9.17) is 9.47 Å². The number of nitrogens with zero attached hydrogens (tertiary/aromatic N) is 1. The maximum Gasteiger partial charge on any atom is 0.279 e. The largest absolute Gasteiger partial charge is 0.492 e. The first-order valence-electron chi connectivity index (χ1n) is 10.4. The van der Waals surface area contributed by atoms with Crippen LogP contribution in [0.1, 0.15) is 33.6 Å². The van der Waals surface area contributed by atoms with E-state index in [1.807, 2.05) is 20.8 Å². The molecule has 1 aromatic rings. The van der Waals surface area contributed by atoms with Crippen LogP contribution in [0.3, 0.4) is 0 Å². The first-order chi connectivity index (χ1) is 13.8. The van der Waals surface area contributed by atoms with Crippen LogP contribution in [0.5, 0.6) is 5.75 Å². The van der Waals surface area contributed by atoms with Gasteiger partial charge in [0.25, 0.3) is 5.91 Å². The molecular weight excluding hydrogens is 394 g/mol. The number of quaternary nitrogens is 1. The van der Waals surface area contributed by atoms with Crippen molar-refractivity contribution in [3.8, 4) is 5.75 Å². The molecule has 0 spiro atoms. The standard InChI is InChI=1S/C20H31N3O5S/c1-4-27-18-8-7-17(11-19(18)29(25,26)23-9-5-6-10-23)21-20(24)14-22-12-15(2)28-16(3)13-22/h7-8,11,15-16H,4-6,9-10,12-14H2,1-3H3,(H,21,24)/p+1/t15-,16-/m0/s1. The Bertz CT molecular complexity index is 813. The van der Waals surface area contributed by atoms with Crippen molar-refractivity contribution in [2.24, 2.45) is 0 Å². The molecule has 2 saturated heterocycles. The summed E-state index contributed by atoms with van der Waals surface area (Å²) in [6.45, 7) is 9.10. The summed E-state index contributed by atoms with van der Waals surface area (Å²) in [7, 11) is -3.66. The molecule has 29 heavy (non-hydrogen) atoms. The summed E-state index contributed by atoms with van der Waals surface area (Å²) in [6.07, 6.45) is 1.95. The van der Waals surface area contributed by atoms with E-state index >= 15 is 0 Å². The minimum absolute atomic E-state index is 0.111. The lowest BCUT2D eigenvalue weighted by Crippen LogP contribution is -3.16. The molecule has 2 atom stereocenters. The van der Waals surface area contributed by atoms with Gasteiger partial charge in [0.2, 0.25) is 10.0 Å². The Morgan fingerprint density at radius 1 is 1.24 bits per heavy atom. The number of anilines is 1. The van der Waals surface area contributed by atoms with E-state index in [2.05, 4.69) is 5.32 Å². The zero-order chi connectivity index (χ0) is 21.0. The van der Waals surface area contributed by atoms with Crippen LogP contribution in [-0.4, -0.2) is 70.2 Å².